The molecular weight excluding hydrogens is 176 g/mol. The van der Waals surface area contributed by atoms with Gasteiger partial charge in [0.2, 0.25) is 0 Å². The normalized spacial score (nSPS) is 14.8. The Bertz CT molecular complexity index is 148. The summed E-state index contributed by atoms with van der Waals surface area (Å²) in [4.78, 5) is 2.36. The predicted octanol–water partition coefficient (Wildman–Crippen LogP) is 1.34. The maximum absolute atomic E-state index is 5.42. The van der Waals surface area contributed by atoms with Gasteiger partial charge in [-0.1, -0.05) is 0 Å². The fourth-order valence-corrected chi connectivity index (χ4v) is 1.46. The summed E-state index contributed by atoms with van der Waals surface area (Å²) in [7, 11) is 5.92. The van der Waals surface area contributed by atoms with Gasteiger partial charge in [0.1, 0.15) is 0 Å². The van der Waals surface area contributed by atoms with Crippen molar-refractivity contribution in [3.8, 4) is 0 Å². The summed E-state index contributed by atoms with van der Waals surface area (Å²) in [6.07, 6.45) is 1.06. The zero-order chi connectivity index (χ0) is 11.2. The highest BCUT2D eigenvalue weighted by molar-refractivity contribution is 4.76. The minimum atomic E-state index is -0.0205. The smallest absolute Gasteiger partial charge is 0.0637 e. The van der Waals surface area contributed by atoms with Crippen LogP contribution in [0.15, 0.2) is 0 Å². The number of methoxy groups -OCH3 is 1. The largest absolute Gasteiger partial charge is 0.379 e. The maximum atomic E-state index is 5.42. The average molecular weight is 202 g/mol. The molecule has 0 aliphatic carbocycles. The molecule has 1 atom stereocenters. The highest BCUT2D eigenvalue weighted by Gasteiger charge is 2.22. The van der Waals surface area contributed by atoms with Crippen LogP contribution in [0.5, 0.6) is 0 Å². The Morgan fingerprint density at radius 3 is 2.43 bits per heavy atom. The van der Waals surface area contributed by atoms with E-state index in [2.05, 4.69) is 38.0 Å². The highest BCUT2D eigenvalue weighted by atomic mass is 16.5. The van der Waals surface area contributed by atoms with E-state index >= 15 is 0 Å². The second-order valence-electron chi connectivity index (χ2n) is 4.60. The van der Waals surface area contributed by atoms with Gasteiger partial charge < -0.3 is 15.0 Å². The molecule has 14 heavy (non-hydrogen) atoms. The van der Waals surface area contributed by atoms with Crippen LogP contribution in [-0.2, 0) is 4.74 Å². The van der Waals surface area contributed by atoms with Crippen LogP contribution in [0.2, 0.25) is 0 Å². The van der Waals surface area contributed by atoms with Crippen LogP contribution in [0.3, 0.4) is 0 Å². The Hall–Kier alpha value is -0.120. The van der Waals surface area contributed by atoms with Gasteiger partial charge in [-0.05, 0) is 41.3 Å². The lowest BCUT2D eigenvalue weighted by atomic mass is 9.99. The van der Waals surface area contributed by atoms with E-state index in [9.17, 15) is 0 Å². The van der Waals surface area contributed by atoms with Crippen molar-refractivity contribution in [1.82, 2.24) is 10.2 Å². The van der Waals surface area contributed by atoms with E-state index in [-0.39, 0.29) is 5.60 Å². The van der Waals surface area contributed by atoms with Crippen LogP contribution in [0.25, 0.3) is 0 Å². The number of hydrogen-bond donors (Lipinski definition) is 1. The summed E-state index contributed by atoms with van der Waals surface area (Å²) in [6.45, 7) is 8.63. The Labute approximate surface area is 88.8 Å². The number of rotatable bonds is 7. The summed E-state index contributed by atoms with van der Waals surface area (Å²) in [5.74, 6) is 0. The molecule has 0 bridgehead atoms. The third kappa shape index (κ3) is 5.58. The van der Waals surface area contributed by atoms with Gasteiger partial charge in [0, 0.05) is 26.2 Å². The standard InChI is InChI=1S/C11H26N2O/c1-10(9-11(2,3)14-6)13(5)8-7-12-4/h10,12H,7-9H2,1-6H3. The summed E-state index contributed by atoms with van der Waals surface area (Å²) in [5, 5.41) is 3.16. The number of ether oxygens (including phenoxy) is 1. The first-order valence-electron chi connectivity index (χ1n) is 5.33. The molecule has 0 spiro atoms. The van der Waals surface area contributed by atoms with Crippen molar-refractivity contribution in [3.05, 3.63) is 0 Å². The number of nitrogens with one attached hydrogen (secondary N) is 1. The third-order valence-electron chi connectivity index (χ3n) is 2.81. The van der Waals surface area contributed by atoms with Crippen molar-refractivity contribution in [3.63, 3.8) is 0 Å². The molecule has 0 aromatic carbocycles. The summed E-state index contributed by atoms with van der Waals surface area (Å²) in [5.41, 5.74) is -0.0205. The molecule has 0 aromatic heterocycles. The zero-order valence-electron chi connectivity index (χ0n) is 10.6. The van der Waals surface area contributed by atoms with E-state index in [1.807, 2.05) is 7.05 Å². The van der Waals surface area contributed by atoms with Crippen LogP contribution >= 0.6 is 0 Å². The minimum absolute atomic E-state index is 0.0205. The molecule has 0 aromatic rings. The molecule has 0 aliphatic heterocycles. The summed E-state index contributed by atoms with van der Waals surface area (Å²) >= 11 is 0. The Morgan fingerprint density at radius 2 is 2.00 bits per heavy atom. The zero-order valence-corrected chi connectivity index (χ0v) is 10.6. The molecule has 0 heterocycles. The third-order valence-corrected chi connectivity index (χ3v) is 2.81. The second kappa shape index (κ2) is 6.38. The highest BCUT2D eigenvalue weighted by Crippen LogP contribution is 2.17. The van der Waals surface area contributed by atoms with E-state index in [1.54, 1.807) is 7.11 Å². The van der Waals surface area contributed by atoms with Crippen molar-refractivity contribution < 1.29 is 4.74 Å². The fraction of sp³-hybridized carbons (Fsp3) is 1.00. The molecule has 0 fully saturated rings. The fourth-order valence-electron chi connectivity index (χ4n) is 1.46. The van der Waals surface area contributed by atoms with Crippen molar-refractivity contribution >= 4 is 0 Å². The maximum Gasteiger partial charge on any atom is 0.0637 e. The minimum Gasteiger partial charge on any atom is -0.379 e. The number of likely N-dealkylation sites (N-methyl/N-ethyl adjacent to an activating group) is 2. The lowest BCUT2D eigenvalue weighted by molar-refractivity contribution is -0.00293. The lowest BCUT2D eigenvalue weighted by Crippen LogP contribution is -2.39. The van der Waals surface area contributed by atoms with Gasteiger partial charge in [-0.15, -0.1) is 0 Å². The molecule has 0 aliphatic rings. The molecular formula is C11H26N2O. The number of nitrogens with zero attached hydrogens (tertiary/aromatic N) is 1. The molecule has 3 heteroatoms. The molecule has 3 nitrogen and oxygen atoms in total. The van der Waals surface area contributed by atoms with Crippen LogP contribution in [0.4, 0.5) is 0 Å². The van der Waals surface area contributed by atoms with E-state index in [0.29, 0.717) is 6.04 Å². The topological polar surface area (TPSA) is 24.5 Å². The average Bonchev–Trinajstić information content (AvgIpc) is 2.13. The Balaban J connectivity index is 3.87. The van der Waals surface area contributed by atoms with Crippen molar-refractivity contribution in [2.24, 2.45) is 0 Å². The van der Waals surface area contributed by atoms with Crippen LogP contribution < -0.4 is 5.32 Å². The number of hydrogen-bond acceptors (Lipinski definition) is 3. The van der Waals surface area contributed by atoms with Crippen molar-refractivity contribution in [2.45, 2.75) is 38.8 Å². The molecule has 0 saturated heterocycles. The van der Waals surface area contributed by atoms with Crippen LogP contribution in [0, 0.1) is 0 Å². The molecule has 0 amide bonds. The SMILES string of the molecule is CNCCN(C)C(C)CC(C)(C)OC. The second-order valence-corrected chi connectivity index (χ2v) is 4.60. The first kappa shape index (κ1) is 13.9. The molecule has 1 N–H and O–H groups in total. The van der Waals surface area contributed by atoms with E-state index in [4.69, 9.17) is 4.74 Å². The Morgan fingerprint density at radius 1 is 1.43 bits per heavy atom. The van der Waals surface area contributed by atoms with Crippen LogP contribution in [0.1, 0.15) is 27.2 Å². The van der Waals surface area contributed by atoms with Gasteiger partial charge in [-0.3, -0.25) is 0 Å². The van der Waals surface area contributed by atoms with E-state index in [1.165, 1.54) is 0 Å². The van der Waals surface area contributed by atoms with Gasteiger partial charge in [-0.25, -0.2) is 0 Å². The first-order chi connectivity index (χ1) is 6.43. The summed E-state index contributed by atoms with van der Waals surface area (Å²) < 4.78 is 5.42. The van der Waals surface area contributed by atoms with Crippen LogP contribution in [-0.4, -0.2) is 50.8 Å². The van der Waals surface area contributed by atoms with Crippen molar-refractivity contribution in [2.75, 3.05) is 34.3 Å². The molecule has 0 saturated carbocycles. The quantitative estimate of drug-likeness (QED) is 0.674. The monoisotopic (exact) mass is 202 g/mol. The van der Waals surface area contributed by atoms with Gasteiger partial charge in [0.05, 0.1) is 5.60 Å². The van der Waals surface area contributed by atoms with E-state index < -0.39 is 0 Å². The summed E-state index contributed by atoms with van der Waals surface area (Å²) in [6, 6.07) is 0.554. The molecule has 0 radical (unpaired) electrons. The first-order valence-corrected chi connectivity index (χ1v) is 5.33. The lowest BCUT2D eigenvalue weighted by Gasteiger charge is -2.32. The van der Waals surface area contributed by atoms with Crippen molar-refractivity contribution in [1.29, 1.82) is 0 Å². The van der Waals surface area contributed by atoms with Gasteiger partial charge in [-0.2, -0.15) is 0 Å². The molecule has 1 unspecified atom stereocenters. The molecule has 86 valence electrons. The predicted molar refractivity (Wildman–Crippen MR) is 61.7 cm³/mol. The van der Waals surface area contributed by atoms with E-state index in [0.717, 1.165) is 19.5 Å². The Kier molecular flexibility index (Phi) is 6.33. The van der Waals surface area contributed by atoms with Gasteiger partial charge in [0.25, 0.3) is 0 Å². The van der Waals surface area contributed by atoms with Gasteiger partial charge in [0.15, 0.2) is 0 Å². The van der Waals surface area contributed by atoms with Gasteiger partial charge >= 0.3 is 0 Å². The molecule has 0 rings (SSSR count).